The van der Waals surface area contributed by atoms with Gasteiger partial charge in [-0.1, -0.05) is 36.4 Å². The van der Waals surface area contributed by atoms with Crippen molar-refractivity contribution >= 4 is 6.08 Å². The van der Waals surface area contributed by atoms with Crippen molar-refractivity contribution in [2.45, 2.75) is 6.61 Å². The molecule has 0 amide bonds. The molecule has 0 fully saturated rings. The van der Waals surface area contributed by atoms with Crippen LogP contribution in [0.2, 0.25) is 0 Å². The van der Waals surface area contributed by atoms with Gasteiger partial charge in [-0.15, -0.1) is 0 Å². The van der Waals surface area contributed by atoms with Gasteiger partial charge in [0, 0.05) is 0 Å². The maximum atomic E-state index is 8.85. The van der Waals surface area contributed by atoms with Crippen LogP contribution in [0.5, 0.6) is 5.75 Å². The molecule has 1 aromatic heterocycles. The van der Waals surface area contributed by atoms with E-state index in [1.54, 1.807) is 18.3 Å². The van der Waals surface area contributed by atoms with Crippen molar-refractivity contribution in [2.75, 3.05) is 6.61 Å². The number of aliphatic hydroxyl groups excluding tert-OH is 1. The quantitative estimate of drug-likeness (QED) is 0.875. The Hall–Kier alpha value is -2.13. The minimum Gasteiger partial charge on any atom is -0.488 e. The fourth-order valence-corrected chi connectivity index (χ4v) is 1.48. The Kier molecular flexibility index (Phi) is 4.50. The highest BCUT2D eigenvalue weighted by atomic mass is 16.5. The summed E-state index contributed by atoms with van der Waals surface area (Å²) >= 11 is 0. The van der Waals surface area contributed by atoms with Crippen molar-refractivity contribution in [3.63, 3.8) is 0 Å². The third-order valence-electron chi connectivity index (χ3n) is 2.42. The van der Waals surface area contributed by atoms with Gasteiger partial charge in [-0.3, -0.25) is 4.98 Å². The molecule has 3 nitrogen and oxygen atoms in total. The van der Waals surface area contributed by atoms with Gasteiger partial charge >= 0.3 is 0 Å². The molecule has 0 saturated carbocycles. The van der Waals surface area contributed by atoms with Crippen LogP contribution in [0.25, 0.3) is 6.08 Å². The number of pyridine rings is 1. The van der Waals surface area contributed by atoms with Gasteiger partial charge in [-0.05, 0) is 23.8 Å². The number of aromatic nitrogens is 1. The van der Waals surface area contributed by atoms with Gasteiger partial charge in [0.15, 0.2) is 0 Å². The summed E-state index contributed by atoms with van der Waals surface area (Å²) in [6.45, 7) is 0.448. The highest BCUT2D eigenvalue weighted by Crippen LogP contribution is 2.09. The third kappa shape index (κ3) is 3.71. The van der Waals surface area contributed by atoms with Gasteiger partial charge in [-0.25, -0.2) is 0 Å². The fourth-order valence-electron chi connectivity index (χ4n) is 1.48. The van der Waals surface area contributed by atoms with Crippen LogP contribution < -0.4 is 4.74 Å². The molecule has 0 aliphatic heterocycles. The van der Waals surface area contributed by atoms with Crippen LogP contribution in [0.1, 0.15) is 11.3 Å². The van der Waals surface area contributed by atoms with Crippen molar-refractivity contribution in [2.24, 2.45) is 0 Å². The molecule has 0 radical (unpaired) electrons. The summed E-state index contributed by atoms with van der Waals surface area (Å²) in [6, 6.07) is 13.6. The highest BCUT2D eigenvalue weighted by Gasteiger charge is 1.94. The first-order valence-electron chi connectivity index (χ1n) is 5.78. The first-order valence-corrected chi connectivity index (χ1v) is 5.78. The van der Waals surface area contributed by atoms with Gasteiger partial charge in [-0.2, -0.15) is 0 Å². The second-order valence-corrected chi connectivity index (χ2v) is 3.77. The van der Waals surface area contributed by atoms with Crippen molar-refractivity contribution in [3.8, 4) is 5.75 Å². The largest absolute Gasteiger partial charge is 0.488 e. The zero-order valence-corrected chi connectivity index (χ0v) is 9.99. The summed E-state index contributed by atoms with van der Waals surface area (Å²) in [6.07, 6.45) is 5.58. The van der Waals surface area contributed by atoms with Crippen LogP contribution in [-0.4, -0.2) is 16.7 Å². The highest BCUT2D eigenvalue weighted by molar-refractivity contribution is 5.48. The third-order valence-corrected chi connectivity index (χ3v) is 2.42. The number of hydrogen-bond acceptors (Lipinski definition) is 3. The standard InChI is InChI=1S/C15H15NO2/c17-12-14-8-9-15(11-16-14)18-10-4-7-13-5-2-1-3-6-13/h1-9,11,17H,10,12H2. The number of rotatable bonds is 5. The van der Waals surface area contributed by atoms with Crippen LogP contribution in [0.4, 0.5) is 0 Å². The monoisotopic (exact) mass is 241 g/mol. The molecule has 18 heavy (non-hydrogen) atoms. The lowest BCUT2D eigenvalue weighted by atomic mass is 10.2. The Balaban J connectivity index is 1.83. The Morgan fingerprint density at radius 1 is 1.11 bits per heavy atom. The van der Waals surface area contributed by atoms with Crippen LogP contribution in [0, 0.1) is 0 Å². The maximum Gasteiger partial charge on any atom is 0.138 e. The van der Waals surface area contributed by atoms with E-state index >= 15 is 0 Å². The number of nitrogens with zero attached hydrogens (tertiary/aromatic N) is 1. The van der Waals surface area contributed by atoms with Crippen molar-refractivity contribution < 1.29 is 9.84 Å². The molecule has 0 saturated heterocycles. The Morgan fingerprint density at radius 3 is 2.61 bits per heavy atom. The van der Waals surface area contributed by atoms with E-state index in [0.29, 0.717) is 18.1 Å². The summed E-state index contributed by atoms with van der Waals surface area (Å²) in [5, 5.41) is 8.85. The first-order chi connectivity index (χ1) is 8.88. The average Bonchev–Trinajstić information content (AvgIpc) is 2.45. The summed E-state index contributed by atoms with van der Waals surface area (Å²) in [5.41, 5.74) is 1.79. The van der Waals surface area contributed by atoms with Gasteiger partial charge in [0.1, 0.15) is 12.4 Å². The predicted molar refractivity (Wildman–Crippen MR) is 71.1 cm³/mol. The van der Waals surface area contributed by atoms with Crippen LogP contribution in [0.15, 0.2) is 54.7 Å². The molecule has 92 valence electrons. The fraction of sp³-hybridized carbons (Fsp3) is 0.133. The first kappa shape index (κ1) is 12.3. The zero-order valence-electron chi connectivity index (χ0n) is 9.99. The molecule has 0 atom stereocenters. The lowest BCUT2D eigenvalue weighted by Crippen LogP contribution is -1.95. The van der Waals surface area contributed by atoms with E-state index < -0.39 is 0 Å². The molecule has 1 heterocycles. The lowest BCUT2D eigenvalue weighted by Gasteiger charge is -2.02. The van der Waals surface area contributed by atoms with E-state index in [2.05, 4.69) is 4.98 Å². The summed E-state index contributed by atoms with van der Waals surface area (Å²) < 4.78 is 5.50. The molecule has 1 aromatic carbocycles. The number of benzene rings is 1. The van der Waals surface area contributed by atoms with Gasteiger partial charge < -0.3 is 9.84 Å². The van der Waals surface area contributed by atoms with Gasteiger partial charge in [0.25, 0.3) is 0 Å². The van der Waals surface area contributed by atoms with E-state index in [1.165, 1.54) is 0 Å². The molecular weight excluding hydrogens is 226 g/mol. The maximum absolute atomic E-state index is 8.85. The molecule has 1 N–H and O–H groups in total. The van der Waals surface area contributed by atoms with Crippen molar-refractivity contribution in [1.29, 1.82) is 0 Å². The van der Waals surface area contributed by atoms with Crippen LogP contribution >= 0.6 is 0 Å². The normalized spacial score (nSPS) is 10.7. The van der Waals surface area contributed by atoms with E-state index in [-0.39, 0.29) is 6.61 Å². The lowest BCUT2D eigenvalue weighted by molar-refractivity contribution is 0.276. The van der Waals surface area contributed by atoms with Gasteiger partial charge in [0.2, 0.25) is 0 Å². The number of ether oxygens (including phenoxy) is 1. The SMILES string of the molecule is OCc1ccc(OCC=Cc2ccccc2)cn1. The molecule has 2 rings (SSSR count). The molecular formula is C15H15NO2. The molecule has 0 aliphatic rings. The van der Waals surface area contributed by atoms with E-state index in [1.807, 2.05) is 42.5 Å². The zero-order chi connectivity index (χ0) is 12.6. The molecule has 0 unspecified atom stereocenters. The number of aliphatic hydroxyl groups is 1. The molecule has 0 spiro atoms. The van der Waals surface area contributed by atoms with E-state index in [0.717, 1.165) is 5.56 Å². The van der Waals surface area contributed by atoms with Crippen LogP contribution in [-0.2, 0) is 6.61 Å². The smallest absolute Gasteiger partial charge is 0.138 e. The second kappa shape index (κ2) is 6.57. The summed E-state index contributed by atoms with van der Waals surface area (Å²) in [7, 11) is 0. The van der Waals surface area contributed by atoms with E-state index in [9.17, 15) is 0 Å². The Bertz CT molecular complexity index is 492. The van der Waals surface area contributed by atoms with Crippen molar-refractivity contribution in [1.82, 2.24) is 4.98 Å². The minimum atomic E-state index is -0.0474. The predicted octanol–water partition coefficient (Wildman–Crippen LogP) is 2.67. The van der Waals surface area contributed by atoms with Gasteiger partial charge in [0.05, 0.1) is 18.5 Å². The number of hydrogen-bond donors (Lipinski definition) is 1. The molecule has 0 aliphatic carbocycles. The Labute approximate surface area is 106 Å². The summed E-state index contributed by atoms with van der Waals surface area (Å²) in [5.74, 6) is 0.699. The topological polar surface area (TPSA) is 42.4 Å². The minimum absolute atomic E-state index is 0.0474. The summed E-state index contributed by atoms with van der Waals surface area (Å²) in [4.78, 5) is 4.03. The van der Waals surface area contributed by atoms with Crippen molar-refractivity contribution in [3.05, 3.63) is 66.0 Å². The van der Waals surface area contributed by atoms with E-state index in [4.69, 9.17) is 9.84 Å². The molecule has 2 aromatic rings. The Morgan fingerprint density at radius 2 is 1.94 bits per heavy atom. The molecule has 3 heteroatoms. The average molecular weight is 241 g/mol. The van der Waals surface area contributed by atoms with Crippen LogP contribution in [0.3, 0.4) is 0 Å². The second-order valence-electron chi connectivity index (χ2n) is 3.77. The molecule has 0 bridgehead atoms.